The third-order valence-corrected chi connectivity index (χ3v) is 2.94. The maximum absolute atomic E-state index is 12.9. The number of rotatable bonds is 2. The van der Waals surface area contributed by atoms with Crippen LogP contribution >= 0.6 is 22.6 Å². The summed E-state index contributed by atoms with van der Waals surface area (Å²) in [5, 5.41) is 3.13. The van der Waals surface area contributed by atoms with Crippen LogP contribution in [0.15, 0.2) is 36.7 Å². The van der Waals surface area contributed by atoms with Gasteiger partial charge in [0.05, 0.1) is 23.3 Å². The lowest BCUT2D eigenvalue weighted by Crippen LogP contribution is -1.98. The van der Waals surface area contributed by atoms with Crippen LogP contribution in [0.4, 0.5) is 21.5 Å². The highest BCUT2D eigenvalue weighted by Gasteiger charge is 2.03. The van der Waals surface area contributed by atoms with E-state index >= 15 is 0 Å². The van der Waals surface area contributed by atoms with E-state index in [9.17, 15) is 4.39 Å². The van der Waals surface area contributed by atoms with Crippen molar-refractivity contribution in [3.05, 3.63) is 46.0 Å². The van der Waals surface area contributed by atoms with Gasteiger partial charge in [-0.15, -0.1) is 0 Å². The Morgan fingerprint density at radius 1 is 1.25 bits per heavy atom. The van der Waals surface area contributed by atoms with E-state index in [0.717, 1.165) is 14.9 Å². The van der Waals surface area contributed by atoms with Crippen LogP contribution in [0.2, 0.25) is 0 Å². The first-order chi connectivity index (χ1) is 7.66. The summed E-state index contributed by atoms with van der Waals surface area (Å²) in [6.07, 6.45) is 3.22. The molecule has 5 heteroatoms. The number of nitrogens with two attached hydrogens (primary N) is 1. The Balaban J connectivity index is 2.31. The van der Waals surface area contributed by atoms with Crippen molar-refractivity contribution < 1.29 is 4.39 Å². The predicted octanol–water partition coefficient (Wildman–Crippen LogP) is 3.15. The minimum Gasteiger partial charge on any atom is -0.396 e. The third kappa shape index (κ3) is 2.41. The first-order valence-electron chi connectivity index (χ1n) is 4.58. The van der Waals surface area contributed by atoms with Crippen LogP contribution in [0, 0.1) is 9.39 Å². The van der Waals surface area contributed by atoms with E-state index in [0.29, 0.717) is 5.69 Å². The minimum atomic E-state index is -0.252. The van der Waals surface area contributed by atoms with E-state index < -0.39 is 0 Å². The monoisotopic (exact) mass is 329 g/mol. The van der Waals surface area contributed by atoms with Crippen LogP contribution in [0.25, 0.3) is 0 Å². The predicted molar refractivity (Wildman–Crippen MR) is 71.0 cm³/mol. The van der Waals surface area contributed by atoms with Crippen molar-refractivity contribution in [1.29, 1.82) is 0 Å². The van der Waals surface area contributed by atoms with Gasteiger partial charge in [0.15, 0.2) is 0 Å². The van der Waals surface area contributed by atoms with Gasteiger partial charge in [-0.25, -0.2) is 4.39 Å². The molecule has 1 heterocycles. The summed E-state index contributed by atoms with van der Waals surface area (Å²) >= 11 is 2.07. The number of nitrogen functional groups attached to an aromatic ring is 1. The maximum atomic E-state index is 12.9. The Morgan fingerprint density at radius 3 is 2.75 bits per heavy atom. The van der Waals surface area contributed by atoms with Crippen LogP contribution in [-0.2, 0) is 0 Å². The zero-order valence-electron chi connectivity index (χ0n) is 8.24. The molecule has 0 amide bonds. The fraction of sp³-hybridized carbons (Fsp3) is 0. The highest BCUT2D eigenvalue weighted by molar-refractivity contribution is 14.1. The van der Waals surface area contributed by atoms with Crippen molar-refractivity contribution in [3.63, 3.8) is 0 Å². The van der Waals surface area contributed by atoms with E-state index in [1.165, 1.54) is 12.1 Å². The Morgan fingerprint density at radius 2 is 2.06 bits per heavy atom. The molecule has 3 nitrogen and oxygen atoms in total. The van der Waals surface area contributed by atoms with Crippen molar-refractivity contribution in [3.8, 4) is 0 Å². The molecular weight excluding hydrogens is 320 g/mol. The lowest BCUT2D eigenvalue weighted by molar-refractivity contribution is 0.627. The van der Waals surface area contributed by atoms with Crippen LogP contribution in [-0.4, -0.2) is 4.98 Å². The van der Waals surface area contributed by atoms with Crippen LogP contribution in [0.5, 0.6) is 0 Å². The molecule has 1 aromatic carbocycles. The minimum absolute atomic E-state index is 0.252. The first kappa shape index (κ1) is 11.1. The number of anilines is 3. The number of hydrogen-bond acceptors (Lipinski definition) is 3. The van der Waals surface area contributed by atoms with Gasteiger partial charge in [0.1, 0.15) is 5.82 Å². The molecule has 0 unspecified atom stereocenters. The zero-order valence-corrected chi connectivity index (χ0v) is 10.4. The fourth-order valence-corrected chi connectivity index (χ4v) is 1.87. The third-order valence-electron chi connectivity index (χ3n) is 2.05. The summed E-state index contributed by atoms with van der Waals surface area (Å²) in [5.74, 6) is -0.252. The van der Waals surface area contributed by atoms with Crippen molar-refractivity contribution >= 4 is 39.7 Å². The van der Waals surface area contributed by atoms with Gasteiger partial charge in [-0.05, 0) is 46.9 Å². The van der Waals surface area contributed by atoms with Crippen LogP contribution < -0.4 is 11.1 Å². The fourth-order valence-electron chi connectivity index (χ4n) is 1.26. The molecule has 3 N–H and O–H groups in total. The van der Waals surface area contributed by atoms with Gasteiger partial charge in [-0.2, -0.15) is 0 Å². The molecule has 0 radical (unpaired) electrons. The Bertz CT molecular complexity index is 516. The number of hydrogen-bond donors (Lipinski definition) is 2. The number of pyridine rings is 1. The number of nitrogens with one attached hydrogen (secondary N) is 1. The van der Waals surface area contributed by atoms with Crippen molar-refractivity contribution in [2.45, 2.75) is 0 Å². The molecule has 82 valence electrons. The largest absolute Gasteiger partial charge is 0.396 e. The Hall–Kier alpha value is -1.37. The van der Waals surface area contributed by atoms with Crippen LogP contribution in [0.3, 0.4) is 0 Å². The SMILES string of the molecule is Nc1cnccc1Nc1ccc(F)cc1I. The molecule has 16 heavy (non-hydrogen) atoms. The molecule has 0 aliphatic carbocycles. The second-order valence-corrected chi connectivity index (χ2v) is 4.37. The molecule has 2 rings (SSSR count). The highest BCUT2D eigenvalue weighted by atomic mass is 127. The number of aromatic nitrogens is 1. The Kier molecular flexibility index (Phi) is 3.23. The van der Waals surface area contributed by atoms with Crippen molar-refractivity contribution in [2.75, 3.05) is 11.1 Å². The molecule has 0 fully saturated rings. The van der Waals surface area contributed by atoms with E-state index in [1.54, 1.807) is 24.5 Å². The van der Waals surface area contributed by atoms with Gasteiger partial charge in [0.2, 0.25) is 0 Å². The average Bonchev–Trinajstić information content (AvgIpc) is 2.25. The molecule has 0 spiro atoms. The molecule has 1 aromatic heterocycles. The molecule has 0 aliphatic heterocycles. The normalized spacial score (nSPS) is 10.1. The summed E-state index contributed by atoms with van der Waals surface area (Å²) in [7, 11) is 0. The highest BCUT2D eigenvalue weighted by Crippen LogP contribution is 2.25. The second kappa shape index (κ2) is 4.65. The Labute approximate surface area is 106 Å². The smallest absolute Gasteiger partial charge is 0.124 e. The molecule has 0 aliphatic rings. The summed E-state index contributed by atoms with van der Waals surface area (Å²) in [6.45, 7) is 0. The number of halogens is 2. The maximum Gasteiger partial charge on any atom is 0.124 e. The summed E-state index contributed by atoms with van der Waals surface area (Å²) in [6, 6.07) is 6.31. The number of nitrogens with zero attached hydrogens (tertiary/aromatic N) is 1. The van der Waals surface area contributed by atoms with Gasteiger partial charge in [-0.3, -0.25) is 4.98 Å². The molecule has 2 aromatic rings. The van der Waals surface area contributed by atoms with Crippen LogP contribution in [0.1, 0.15) is 0 Å². The molecular formula is C11H9FIN3. The second-order valence-electron chi connectivity index (χ2n) is 3.21. The summed E-state index contributed by atoms with van der Waals surface area (Å²) < 4.78 is 13.7. The first-order valence-corrected chi connectivity index (χ1v) is 5.66. The van der Waals surface area contributed by atoms with E-state index in [4.69, 9.17) is 5.73 Å². The van der Waals surface area contributed by atoms with E-state index in [1.807, 2.05) is 0 Å². The standard InChI is InChI=1S/C11H9FIN3/c12-7-1-2-10(8(13)5-7)16-11-3-4-15-6-9(11)14/h1-6H,14H2,(H,15,16). The lowest BCUT2D eigenvalue weighted by Gasteiger charge is -2.10. The molecule has 0 atom stereocenters. The molecule has 0 saturated carbocycles. The topological polar surface area (TPSA) is 50.9 Å². The number of benzene rings is 1. The van der Waals surface area contributed by atoms with Gasteiger partial charge >= 0.3 is 0 Å². The summed E-state index contributed by atoms with van der Waals surface area (Å²) in [4.78, 5) is 3.90. The molecule has 0 bridgehead atoms. The van der Waals surface area contributed by atoms with Crippen molar-refractivity contribution in [2.24, 2.45) is 0 Å². The van der Waals surface area contributed by atoms with Crippen molar-refractivity contribution in [1.82, 2.24) is 4.98 Å². The van der Waals surface area contributed by atoms with Gasteiger partial charge in [-0.1, -0.05) is 0 Å². The summed E-state index contributed by atoms with van der Waals surface area (Å²) in [5.41, 5.74) is 7.89. The lowest BCUT2D eigenvalue weighted by atomic mass is 10.3. The van der Waals surface area contributed by atoms with Gasteiger partial charge in [0, 0.05) is 9.77 Å². The average molecular weight is 329 g/mol. The van der Waals surface area contributed by atoms with Gasteiger partial charge in [0.25, 0.3) is 0 Å². The van der Waals surface area contributed by atoms with E-state index in [-0.39, 0.29) is 5.82 Å². The van der Waals surface area contributed by atoms with Gasteiger partial charge < -0.3 is 11.1 Å². The molecule has 0 saturated heterocycles. The zero-order chi connectivity index (χ0) is 11.5. The van der Waals surface area contributed by atoms with E-state index in [2.05, 4.69) is 32.9 Å². The quantitative estimate of drug-likeness (QED) is 0.832.